The summed E-state index contributed by atoms with van der Waals surface area (Å²) < 4.78 is 5.40. The fraction of sp³-hybridized carbons (Fsp3) is 0.471. The van der Waals surface area contributed by atoms with Crippen molar-refractivity contribution in [3.05, 3.63) is 35.4 Å². The van der Waals surface area contributed by atoms with Crippen LogP contribution in [0.15, 0.2) is 22.8 Å². The molecule has 2 aromatic heterocycles. The van der Waals surface area contributed by atoms with Gasteiger partial charge in [0.05, 0.1) is 12.8 Å². The van der Waals surface area contributed by atoms with Crippen molar-refractivity contribution in [2.45, 2.75) is 26.3 Å². The monoisotopic (exact) mass is 345 g/mol. The molecule has 134 valence electrons. The van der Waals surface area contributed by atoms with E-state index >= 15 is 0 Å². The molecule has 0 aliphatic carbocycles. The zero-order valence-electron chi connectivity index (χ0n) is 14.3. The van der Waals surface area contributed by atoms with Crippen LogP contribution in [0.1, 0.15) is 23.4 Å². The molecule has 0 unspecified atom stereocenters. The van der Waals surface area contributed by atoms with Gasteiger partial charge in [-0.05, 0) is 25.5 Å². The van der Waals surface area contributed by atoms with Crippen molar-refractivity contribution >= 4 is 17.7 Å². The smallest absolute Gasteiger partial charge is 0.303 e. The molecule has 2 aromatic rings. The molecule has 3 heterocycles. The van der Waals surface area contributed by atoms with Gasteiger partial charge in [0.15, 0.2) is 0 Å². The maximum Gasteiger partial charge on any atom is 0.303 e. The minimum atomic E-state index is -0.828. The Labute approximate surface area is 146 Å². The van der Waals surface area contributed by atoms with E-state index in [2.05, 4.69) is 19.8 Å². The van der Waals surface area contributed by atoms with Crippen LogP contribution in [-0.4, -0.2) is 52.1 Å². The summed E-state index contributed by atoms with van der Waals surface area (Å²) in [7, 11) is 0. The number of carbonyl (C=O) groups is 1. The number of aliphatic carboxylic acids is 1. The Balaban J connectivity index is 1.70. The molecule has 1 fully saturated rings. The van der Waals surface area contributed by atoms with Crippen LogP contribution in [0.2, 0.25) is 0 Å². The predicted octanol–water partition coefficient (Wildman–Crippen LogP) is 1.30. The number of carboxylic acid groups (broad SMARTS) is 1. The zero-order valence-corrected chi connectivity index (χ0v) is 14.3. The van der Waals surface area contributed by atoms with Gasteiger partial charge in [0.2, 0.25) is 5.95 Å². The van der Waals surface area contributed by atoms with Gasteiger partial charge in [0.1, 0.15) is 11.6 Å². The summed E-state index contributed by atoms with van der Waals surface area (Å²) in [5, 5.41) is 8.98. The average Bonchev–Trinajstić information content (AvgIpc) is 3.07. The zero-order chi connectivity index (χ0) is 17.8. The largest absolute Gasteiger partial charge is 0.481 e. The number of nitrogen functional groups attached to an aromatic ring is 1. The molecule has 0 bridgehead atoms. The maximum atomic E-state index is 10.9. The van der Waals surface area contributed by atoms with E-state index in [1.54, 1.807) is 6.26 Å². The Morgan fingerprint density at radius 3 is 2.72 bits per heavy atom. The first-order valence-corrected chi connectivity index (χ1v) is 8.37. The summed E-state index contributed by atoms with van der Waals surface area (Å²) in [4.78, 5) is 24.0. The second-order valence-corrected chi connectivity index (χ2v) is 6.21. The normalized spacial score (nSPS) is 15.5. The predicted molar refractivity (Wildman–Crippen MR) is 93.3 cm³/mol. The van der Waals surface area contributed by atoms with Crippen molar-refractivity contribution < 1.29 is 14.3 Å². The lowest BCUT2D eigenvalue weighted by Gasteiger charge is -2.36. The highest BCUT2D eigenvalue weighted by molar-refractivity contribution is 5.68. The van der Waals surface area contributed by atoms with E-state index in [1.807, 2.05) is 19.1 Å². The average molecular weight is 345 g/mol. The third kappa shape index (κ3) is 4.27. The van der Waals surface area contributed by atoms with Crippen LogP contribution in [0.25, 0.3) is 0 Å². The molecule has 3 rings (SSSR count). The summed E-state index contributed by atoms with van der Waals surface area (Å²) in [6, 6.07) is 3.87. The van der Waals surface area contributed by atoms with Crippen LogP contribution in [0.3, 0.4) is 0 Å². The van der Waals surface area contributed by atoms with E-state index in [4.69, 9.17) is 15.3 Å². The first-order chi connectivity index (χ1) is 12.0. The van der Waals surface area contributed by atoms with Crippen LogP contribution < -0.4 is 10.6 Å². The molecule has 0 atom stereocenters. The highest BCUT2D eigenvalue weighted by atomic mass is 16.4. The highest BCUT2D eigenvalue weighted by Crippen LogP contribution is 2.24. The van der Waals surface area contributed by atoms with Crippen molar-refractivity contribution in [1.82, 2.24) is 14.9 Å². The van der Waals surface area contributed by atoms with Crippen LogP contribution in [-0.2, 0) is 17.8 Å². The minimum Gasteiger partial charge on any atom is -0.481 e. The van der Waals surface area contributed by atoms with Gasteiger partial charge < -0.3 is 20.2 Å². The summed E-state index contributed by atoms with van der Waals surface area (Å²) in [6.45, 7) is 6.00. The molecular formula is C17H23N5O3. The quantitative estimate of drug-likeness (QED) is 0.806. The molecule has 0 amide bonds. The van der Waals surface area contributed by atoms with Gasteiger partial charge in [-0.15, -0.1) is 0 Å². The first kappa shape index (κ1) is 17.2. The molecule has 1 aliphatic heterocycles. The van der Waals surface area contributed by atoms with Crippen molar-refractivity contribution in [2.24, 2.45) is 0 Å². The molecule has 3 N–H and O–H groups in total. The molecule has 0 spiro atoms. The van der Waals surface area contributed by atoms with E-state index in [0.717, 1.165) is 55.6 Å². The van der Waals surface area contributed by atoms with Crippen LogP contribution in [0.5, 0.6) is 0 Å². The van der Waals surface area contributed by atoms with Crippen molar-refractivity contribution in [3.8, 4) is 0 Å². The van der Waals surface area contributed by atoms with E-state index < -0.39 is 5.97 Å². The summed E-state index contributed by atoms with van der Waals surface area (Å²) in [5.41, 5.74) is 7.44. The molecule has 0 saturated carbocycles. The van der Waals surface area contributed by atoms with Gasteiger partial charge in [-0.3, -0.25) is 9.69 Å². The van der Waals surface area contributed by atoms with Gasteiger partial charge >= 0.3 is 5.97 Å². The number of anilines is 2. The number of hydrogen-bond acceptors (Lipinski definition) is 7. The molecule has 8 nitrogen and oxygen atoms in total. The van der Waals surface area contributed by atoms with E-state index in [0.29, 0.717) is 6.42 Å². The number of rotatable bonds is 6. The van der Waals surface area contributed by atoms with E-state index in [-0.39, 0.29) is 12.4 Å². The number of aryl methyl sites for hydroxylation is 1. The summed E-state index contributed by atoms with van der Waals surface area (Å²) in [6.07, 6.45) is 2.15. The van der Waals surface area contributed by atoms with Crippen molar-refractivity contribution in [1.29, 1.82) is 0 Å². The second kappa shape index (κ2) is 7.52. The number of hydrogen-bond donors (Lipinski definition) is 2. The Kier molecular flexibility index (Phi) is 5.18. The lowest BCUT2D eigenvalue weighted by molar-refractivity contribution is -0.136. The number of piperazine rings is 1. The molecule has 1 aliphatic rings. The lowest BCUT2D eigenvalue weighted by Crippen LogP contribution is -2.46. The number of furan rings is 1. The maximum absolute atomic E-state index is 10.9. The molecule has 0 radical (unpaired) electrons. The third-order valence-electron chi connectivity index (χ3n) is 4.43. The van der Waals surface area contributed by atoms with Gasteiger partial charge in [-0.2, -0.15) is 4.98 Å². The minimum absolute atomic E-state index is 0.0551. The summed E-state index contributed by atoms with van der Waals surface area (Å²) in [5.74, 6) is 1.12. The number of aromatic nitrogens is 2. The van der Waals surface area contributed by atoms with Gasteiger partial charge in [0.25, 0.3) is 0 Å². The highest BCUT2D eigenvalue weighted by Gasteiger charge is 2.23. The first-order valence-electron chi connectivity index (χ1n) is 8.37. The molecular weight excluding hydrogens is 322 g/mol. The number of carboxylic acids is 1. The third-order valence-corrected chi connectivity index (χ3v) is 4.43. The van der Waals surface area contributed by atoms with Crippen molar-refractivity contribution in [2.75, 3.05) is 36.8 Å². The topological polar surface area (TPSA) is 109 Å². The lowest BCUT2D eigenvalue weighted by atomic mass is 10.1. The van der Waals surface area contributed by atoms with Crippen LogP contribution in [0.4, 0.5) is 11.8 Å². The number of nitrogens with zero attached hydrogens (tertiary/aromatic N) is 4. The molecule has 0 aromatic carbocycles. The van der Waals surface area contributed by atoms with Crippen LogP contribution in [0, 0.1) is 6.92 Å². The van der Waals surface area contributed by atoms with Gasteiger partial charge in [-0.25, -0.2) is 4.98 Å². The second-order valence-electron chi connectivity index (χ2n) is 6.21. The van der Waals surface area contributed by atoms with E-state index in [1.165, 1.54) is 0 Å². The standard InChI is InChI=1S/C17H23N5O3/c1-12-14(4-5-15(23)24)16(20-17(18)19-12)22-8-6-21(7-9-22)11-13-3-2-10-25-13/h2-3,10H,4-9,11H2,1H3,(H,23,24)(H2,18,19,20). The fourth-order valence-electron chi connectivity index (χ4n) is 3.13. The van der Waals surface area contributed by atoms with E-state index in [9.17, 15) is 4.79 Å². The van der Waals surface area contributed by atoms with Crippen LogP contribution >= 0.6 is 0 Å². The summed E-state index contributed by atoms with van der Waals surface area (Å²) >= 11 is 0. The SMILES string of the molecule is Cc1nc(N)nc(N2CCN(Cc3ccco3)CC2)c1CCC(=O)O. The fourth-order valence-corrected chi connectivity index (χ4v) is 3.13. The van der Waals surface area contributed by atoms with Crippen molar-refractivity contribution in [3.63, 3.8) is 0 Å². The Morgan fingerprint density at radius 2 is 2.08 bits per heavy atom. The van der Waals surface area contributed by atoms with Gasteiger partial charge in [0, 0.05) is 43.9 Å². The molecule has 8 heteroatoms. The molecule has 1 saturated heterocycles. The Hall–Kier alpha value is -2.61. The van der Waals surface area contributed by atoms with Gasteiger partial charge in [-0.1, -0.05) is 0 Å². The molecule has 25 heavy (non-hydrogen) atoms. The Morgan fingerprint density at radius 1 is 1.32 bits per heavy atom. The number of nitrogens with two attached hydrogens (primary N) is 1. The Bertz CT molecular complexity index is 724.